The zero-order valence-electron chi connectivity index (χ0n) is 10.5. The van der Waals surface area contributed by atoms with E-state index in [1.165, 1.54) is 12.1 Å². The van der Waals surface area contributed by atoms with Gasteiger partial charge in [0.1, 0.15) is 10.6 Å². The third-order valence-corrected chi connectivity index (χ3v) is 3.96. The van der Waals surface area contributed by atoms with Crippen LogP contribution in [-0.2, 0) is 9.05 Å². The Morgan fingerprint density at radius 2 is 2.11 bits per heavy atom. The molecule has 0 aliphatic carbocycles. The topological polar surface area (TPSA) is 86.5 Å². The van der Waals surface area contributed by atoms with Crippen molar-refractivity contribution < 1.29 is 18.1 Å². The average Bonchev–Trinajstić information content (AvgIpc) is 2.34. The highest BCUT2D eigenvalue weighted by Crippen LogP contribution is 2.31. The van der Waals surface area contributed by atoms with E-state index in [-0.39, 0.29) is 22.3 Å². The molecule has 0 spiro atoms. The first kappa shape index (κ1) is 15.7. The molecule has 0 amide bonds. The molecule has 1 aromatic rings. The molecule has 0 fully saturated rings. The Kier molecular flexibility index (Phi) is 5.13. The van der Waals surface area contributed by atoms with Gasteiger partial charge < -0.3 is 4.74 Å². The number of nitro groups is 1. The largest absolute Gasteiger partial charge is 0.492 e. The predicted molar refractivity (Wildman–Crippen MR) is 71.1 cm³/mol. The first-order valence-electron chi connectivity index (χ1n) is 5.61. The third-order valence-electron chi connectivity index (χ3n) is 2.62. The van der Waals surface area contributed by atoms with Gasteiger partial charge in [-0.1, -0.05) is 20.3 Å². The number of non-ortho nitro benzene ring substituents is 1. The minimum atomic E-state index is -4.10. The molecule has 0 radical (unpaired) electrons. The summed E-state index contributed by atoms with van der Waals surface area (Å²) in [5.41, 5.74) is -0.352. The van der Waals surface area contributed by atoms with Crippen molar-refractivity contribution in [2.24, 2.45) is 5.92 Å². The third kappa shape index (κ3) is 4.36. The maximum Gasteiger partial charge on any atom is 0.271 e. The first-order chi connectivity index (χ1) is 8.75. The molecule has 0 aromatic heterocycles. The zero-order valence-corrected chi connectivity index (χ0v) is 12.1. The van der Waals surface area contributed by atoms with Crippen molar-refractivity contribution in [3.8, 4) is 5.75 Å². The summed E-state index contributed by atoms with van der Waals surface area (Å²) in [5, 5.41) is 10.6. The van der Waals surface area contributed by atoms with Crippen molar-refractivity contribution in [1.29, 1.82) is 0 Å². The summed E-state index contributed by atoms with van der Waals surface area (Å²) in [7, 11) is 1.16. The van der Waals surface area contributed by atoms with Gasteiger partial charge >= 0.3 is 0 Å². The van der Waals surface area contributed by atoms with Crippen molar-refractivity contribution >= 4 is 25.4 Å². The molecule has 106 valence electrons. The molecule has 1 unspecified atom stereocenters. The van der Waals surface area contributed by atoms with Gasteiger partial charge in [-0.2, -0.15) is 0 Å². The first-order valence-corrected chi connectivity index (χ1v) is 7.92. The van der Waals surface area contributed by atoms with Crippen molar-refractivity contribution in [3.63, 3.8) is 0 Å². The molecule has 1 rings (SSSR count). The van der Waals surface area contributed by atoms with Crippen LogP contribution in [0.2, 0.25) is 0 Å². The standard InChI is InChI=1S/C11H14ClNO5S/c1-3-8(2)7-18-10-5-4-9(13(14)15)6-11(10)19(12,16)17/h4-6,8H,3,7H2,1-2H3. The molecular formula is C11H14ClNO5S. The van der Waals surface area contributed by atoms with Crippen LogP contribution in [0.5, 0.6) is 5.75 Å². The number of halogens is 1. The molecule has 0 N–H and O–H groups in total. The van der Waals surface area contributed by atoms with Crippen LogP contribution in [0.3, 0.4) is 0 Å². The van der Waals surface area contributed by atoms with Gasteiger partial charge in [0, 0.05) is 22.8 Å². The molecule has 0 saturated carbocycles. The Labute approximate surface area is 115 Å². The van der Waals surface area contributed by atoms with Crippen LogP contribution in [0.25, 0.3) is 0 Å². The van der Waals surface area contributed by atoms with Crippen LogP contribution in [0, 0.1) is 16.0 Å². The Hall–Kier alpha value is -1.34. The van der Waals surface area contributed by atoms with E-state index in [1.807, 2.05) is 13.8 Å². The molecule has 6 nitrogen and oxygen atoms in total. The number of ether oxygens (including phenoxy) is 1. The molecule has 8 heteroatoms. The summed E-state index contributed by atoms with van der Waals surface area (Å²) in [6.45, 7) is 4.23. The van der Waals surface area contributed by atoms with E-state index in [4.69, 9.17) is 15.4 Å². The maximum absolute atomic E-state index is 11.4. The van der Waals surface area contributed by atoms with Gasteiger partial charge in [0.25, 0.3) is 14.7 Å². The van der Waals surface area contributed by atoms with Crippen LogP contribution in [0.4, 0.5) is 5.69 Å². The van der Waals surface area contributed by atoms with Gasteiger partial charge in [-0.15, -0.1) is 0 Å². The van der Waals surface area contributed by atoms with Crippen molar-refractivity contribution in [2.75, 3.05) is 6.61 Å². The van der Waals surface area contributed by atoms with Crippen LogP contribution < -0.4 is 4.74 Å². The van der Waals surface area contributed by atoms with Gasteiger partial charge in [0.15, 0.2) is 0 Å². The lowest BCUT2D eigenvalue weighted by atomic mass is 10.1. The van der Waals surface area contributed by atoms with E-state index in [2.05, 4.69) is 0 Å². The van der Waals surface area contributed by atoms with E-state index in [0.29, 0.717) is 6.61 Å². The van der Waals surface area contributed by atoms with E-state index >= 15 is 0 Å². The van der Waals surface area contributed by atoms with Crippen molar-refractivity contribution in [1.82, 2.24) is 0 Å². The molecule has 0 bridgehead atoms. The quantitative estimate of drug-likeness (QED) is 0.458. The van der Waals surface area contributed by atoms with Crippen molar-refractivity contribution in [2.45, 2.75) is 25.2 Å². The van der Waals surface area contributed by atoms with E-state index in [0.717, 1.165) is 12.5 Å². The lowest BCUT2D eigenvalue weighted by molar-refractivity contribution is -0.385. The molecule has 1 atom stereocenters. The molecule has 1 aromatic carbocycles. The van der Waals surface area contributed by atoms with Gasteiger partial charge in [0.05, 0.1) is 11.5 Å². The summed E-state index contributed by atoms with van der Waals surface area (Å²) in [6, 6.07) is 3.32. The fourth-order valence-corrected chi connectivity index (χ4v) is 2.26. The second kappa shape index (κ2) is 6.21. The second-order valence-electron chi connectivity index (χ2n) is 4.15. The monoisotopic (exact) mass is 307 g/mol. The SMILES string of the molecule is CCC(C)COc1ccc([N+](=O)[O-])cc1S(=O)(=O)Cl. The summed E-state index contributed by atoms with van der Waals surface area (Å²) < 4.78 is 28.2. The summed E-state index contributed by atoms with van der Waals surface area (Å²) in [5.74, 6) is 0.266. The van der Waals surface area contributed by atoms with E-state index < -0.39 is 14.0 Å². The zero-order chi connectivity index (χ0) is 14.6. The van der Waals surface area contributed by atoms with Gasteiger partial charge in [-0.3, -0.25) is 10.1 Å². The highest BCUT2D eigenvalue weighted by atomic mass is 35.7. The summed E-state index contributed by atoms with van der Waals surface area (Å²) >= 11 is 0. The fraction of sp³-hybridized carbons (Fsp3) is 0.455. The maximum atomic E-state index is 11.4. The van der Waals surface area contributed by atoms with Crippen LogP contribution in [0.15, 0.2) is 23.1 Å². The van der Waals surface area contributed by atoms with Crippen LogP contribution >= 0.6 is 10.7 Å². The van der Waals surface area contributed by atoms with Gasteiger partial charge in [-0.25, -0.2) is 8.42 Å². The highest BCUT2D eigenvalue weighted by Gasteiger charge is 2.21. The summed E-state index contributed by atoms with van der Waals surface area (Å²) in [4.78, 5) is 9.56. The van der Waals surface area contributed by atoms with E-state index in [1.54, 1.807) is 0 Å². The molecule has 0 aliphatic heterocycles. The Morgan fingerprint density at radius 3 is 2.58 bits per heavy atom. The number of rotatable bonds is 6. The second-order valence-corrected chi connectivity index (χ2v) is 6.68. The normalized spacial score (nSPS) is 13.0. The number of nitro benzene ring substituents is 1. The van der Waals surface area contributed by atoms with Gasteiger partial charge in [-0.05, 0) is 12.0 Å². The number of hydrogen-bond donors (Lipinski definition) is 0. The number of nitrogens with zero attached hydrogens (tertiary/aromatic N) is 1. The van der Waals surface area contributed by atoms with Crippen LogP contribution in [0.1, 0.15) is 20.3 Å². The predicted octanol–water partition coefficient (Wildman–Crippen LogP) is 2.95. The smallest absolute Gasteiger partial charge is 0.271 e. The van der Waals surface area contributed by atoms with E-state index in [9.17, 15) is 18.5 Å². The highest BCUT2D eigenvalue weighted by molar-refractivity contribution is 8.13. The molecule has 0 saturated heterocycles. The average molecular weight is 308 g/mol. The Balaban J connectivity index is 3.14. The molecule has 19 heavy (non-hydrogen) atoms. The lowest BCUT2D eigenvalue weighted by Gasteiger charge is -2.12. The Morgan fingerprint density at radius 1 is 1.47 bits per heavy atom. The minimum Gasteiger partial charge on any atom is -0.492 e. The number of benzene rings is 1. The van der Waals surface area contributed by atoms with Gasteiger partial charge in [0.2, 0.25) is 0 Å². The number of hydrogen-bond acceptors (Lipinski definition) is 5. The summed E-state index contributed by atoms with van der Waals surface area (Å²) in [6.07, 6.45) is 0.871. The molecule has 0 aliphatic rings. The van der Waals surface area contributed by atoms with Crippen LogP contribution in [-0.4, -0.2) is 19.9 Å². The molecule has 0 heterocycles. The molecular weight excluding hydrogens is 294 g/mol. The van der Waals surface area contributed by atoms with Crippen molar-refractivity contribution in [3.05, 3.63) is 28.3 Å². The lowest BCUT2D eigenvalue weighted by Crippen LogP contribution is -2.09. The fourth-order valence-electron chi connectivity index (χ4n) is 1.27. The minimum absolute atomic E-state index is 0.0286. The Bertz CT molecular complexity index is 572.